The van der Waals surface area contributed by atoms with Crippen LogP contribution in [0.4, 0.5) is 5.95 Å². The van der Waals surface area contributed by atoms with E-state index < -0.39 is 0 Å². The number of hydrogen-bond donors (Lipinski definition) is 2. The van der Waals surface area contributed by atoms with Crippen molar-refractivity contribution in [1.82, 2.24) is 15.2 Å². The lowest BCUT2D eigenvalue weighted by Gasteiger charge is -2.15. The van der Waals surface area contributed by atoms with Crippen molar-refractivity contribution in [2.75, 3.05) is 18.0 Å². The van der Waals surface area contributed by atoms with E-state index in [1.807, 2.05) is 6.92 Å². The highest BCUT2D eigenvalue weighted by Crippen LogP contribution is 2.09. The molecule has 1 aromatic heterocycles. The molecule has 1 atom stereocenters. The van der Waals surface area contributed by atoms with E-state index in [9.17, 15) is 0 Å². The molecule has 5 nitrogen and oxygen atoms in total. The normalized spacial score (nSPS) is 12.9. The maximum absolute atomic E-state index is 5.66. The minimum atomic E-state index is -0.0863. The third-order valence-corrected chi connectivity index (χ3v) is 1.97. The molecule has 0 aromatic carbocycles. The maximum Gasteiger partial charge on any atom is 0.244 e. The summed E-state index contributed by atoms with van der Waals surface area (Å²) in [5.41, 5.74) is 5.66. The van der Waals surface area contributed by atoms with Gasteiger partial charge >= 0.3 is 0 Å². The van der Waals surface area contributed by atoms with Gasteiger partial charge in [-0.05, 0) is 20.8 Å². The van der Waals surface area contributed by atoms with Gasteiger partial charge in [-0.1, -0.05) is 0 Å². The van der Waals surface area contributed by atoms with Gasteiger partial charge in [0.25, 0.3) is 0 Å². The Morgan fingerprint density at radius 2 is 2.08 bits per heavy atom. The fourth-order valence-electron chi connectivity index (χ4n) is 1.12. The van der Waals surface area contributed by atoms with Crippen LogP contribution in [0.25, 0.3) is 0 Å². The predicted octanol–water partition coefficient (Wildman–Crippen LogP) is 0.671. The molecule has 0 aliphatic carbocycles. The van der Waals surface area contributed by atoms with Crippen LogP contribution in [0, 0.1) is 0 Å². The quantitative estimate of drug-likeness (QED) is 0.719. The average Bonchev–Trinajstić information content (AvgIpc) is 2.56. The molecular weight excluding hydrogens is 166 g/mol. The summed E-state index contributed by atoms with van der Waals surface area (Å²) in [5.74, 6) is 1.47. The van der Waals surface area contributed by atoms with Crippen molar-refractivity contribution in [2.45, 2.75) is 26.8 Å². The number of anilines is 1. The second kappa shape index (κ2) is 4.23. The van der Waals surface area contributed by atoms with Crippen LogP contribution in [-0.4, -0.2) is 28.3 Å². The first-order chi connectivity index (χ1) is 6.19. The Kier molecular flexibility index (Phi) is 3.25. The van der Waals surface area contributed by atoms with Crippen LogP contribution < -0.4 is 10.6 Å². The first-order valence-electron chi connectivity index (χ1n) is 4.61. The summed E-state index contributed by atoms with van der Waals surface area (Å²) in [6.45, 7) is 7.85. The van der Waals surface area contributed by atoms with E-state index in [0.29, 0.717) is 0 Å². The Labute approximate surface area is 78.3 Å². The van der Waals surface area contributed by atoms with Crippen molar-refractivity contribution in [3.63, 3.8) is 0 Å². The first-order valence-corrected chi connectivity index (χ1v) is 4.61. The minimum Gasteiger partial charge on any atom is -0.340 e. The molecule has 13 heavy (non-hydrogen) atoms. The zero-order valence-corrected chi connectivity index (χ0v) is 8.41. The molecule has 0 radical (unpaired) electrons. The summed E-state index contributed by atoms with van der Waals surface area (Å²) in [7, 11) is 0. The van der Waals surface area contributed by atoms with E-state index in [0.717, 1.165) is 24.9 Å². The molecule has 5 heteroatoms. The van der Waals surface area contributed by atoms with Gasteiger partial charge in [0.05, 0.1) is 6.04 Å². The summed E-state index contributed by atoms with van der Waals surface area (Å²) < 4.78 is 0. The Balaban J connectivity index is 2.78. The topological polar surface area (TPSA) is 70.8 Å². The number of nitrogens with two attached hydrogens (primary N) is 1. The van der Waals surface area contributed by atoms with E-state index in [1.54, 1.807) is 0 Å². The monoisotopic (exact) mass is 183 g/mol. The molecule has 0 bridgehead atoms. The van der Waals surface area contributed by atoms with Crippen molar-refractivity contribution >= 4 is 5.95 Å². The zero-order valence-electron chi connectivity index (χ0n) is 8.41. The molecule has 3 N–H and O–H groups in total. The average molecular weight is 183 g/mol. The maximum atomic E-state index is 5.66. The number of hydrogen-bond acceptors (Lipinski definition) is 4. The summed E-state index contributed by atoms with van der Waals surface area (Å²) in [6, 6.07) is -0.0863. The Bertz CT molecular complexity index is 251. The largest absolute Gasteiger partial charge is 0.340 e. The van der Waals surface area contributed by atoms with Gasteiger partial charge in [0.15, 0.2) is 0 Å². The highest BCUT2D eigenvalue weighted by molar-refractivity contribution is 5.28. The molecule has 0 amide bonds. The summed E-state index contributed by atoms with van der Waals surface area (Å²) in [6.07, 6.45) is 0. The van der Waals surface area contributed by atoms with Crippen LogP contribution in [0.1, 0.15) is 32.6 Å². The Morgan fingerprint density at radius 3 is 2.46 bits per heavy atom. The van der Waals surface area contributed by atoms with Gasteiger partial charge in [-0.15, -0.1) is 5.10 Å². The molecular formula is C8H17N5. The van der Waals surface area contributed by atoms with Crippen molar-refractivity contribution < 1.29 is 0 Å². The Hall–Kier alpha value is -1.10. The van der Waals surface area contributed by atoms with Gasteiger partial charge in [0.2, 0.25) is 5.95 Å². The van der Waals surface area contributed by atoms with Gasteiger partial charge in [-0.25, -0.2) is 0 Å². The summed E-state index contributed by atoms with van der Waals surface area (Å²) >= 11 is 0. The molecule has 0 aliphatic rings. The molecule has 1 aromatic rings. The molecule has 0 saturated heterocycles. The van der Waals surface area contributed by atoms with E-state index in [2.05, 4.69) is 33.9 Å². The molecule has 0 fully saturated rings. The molecule has 0 unspecified atom stereocenters. The Morgan fingerprint density at radius 1 is 1.46 bits per heavy atom. The molecule has 1 rings (SSSR count). The van der Waals surface area contributed by atoms with Crippen molar-refractivity contribution in [1.29, 1.82) is 0 Å². The van der Waals surface area contributed by atoms with E-state index in [-0.39, 0.29) is 6.04 Å². The lowest BCUT2D eigenvalue weighted by atomic mass is 10.3. The SMILES string of the molecule is CCN(CC)c1n[nH]c([C@@H](C)N)n1. The third kappa shape index (κ3) is 2.18. The highest BCUT2D eigenvalue weighted by atomic mass is 15.4. The highest BCUT2D eigenvalue weighted by Gasteiger charge is 2.10. The van der Waals surface area contributed by atoms with Crippen LogP contribution in [0.15, 0.2) is 0 Å². The van der Waals surface area contributed by atoms with Gasteiger partial charge in [-0.2, -0.15) is 4.98 Å². The smallest absolute Gasteiger partial charge is 0.244 e. The minimum absolute atomic E-state index is 0.0863. The molecule has 0 spiro atoms. The third-order valence-electron chi connectivity index (χ3n) is 1.97. The van der Waals surface area contributed by atoms with Crippen LogP contribution in [0.5, 0.6) is 0 Å². The molecule has 0 saturated carbocycles. The number of H-pyrrole nitrogens is 1. The number of aromatic amines is 1. The number of aromatic nitrogens is 3. The van der Waals surface area contributed by atoms with E-state index in [4.69, 9.17) is 5.73 Å². The van der Waals surface area contributed by atoms with Gasteiger partial charge in [-0.3, -0.25) is 5.10 Å². The standard InChI is InChI=1S/C8H17N5/c1-4-13(5-2)8-10-7(6(3)9)11-12-8/h6H,4-5,9H2,1-3H3,(H,10,11,12)/t6-/m1/s1. The fourth-order valence-corrected chi connectivity index (χ4v) is 1.12. The summed E-state index contributed by atoms with van der Waals surface area (Å²) in [5, 5.41) is 6.92. The van der Waals surface area contributed by atoms with E-state index >= 15 is 0 Å². The molecule has 0 aliphatic heterocycles. The first kappa shape index (κ1) is 9.98. The second-order valence-corrected chi connectivity index (χ2v) is 2.98. The number of nitrogens with zero attached hydrogens (tertiary/aromatic N) is 3. The van der Waals surface area contributed by atoms with Crippen LogP contribution in [-0.2, 0) is 0 Å². The number of nitrogens with one attached hydrogen (secondary N) is 1. The van der Waals surface area contributed by atoms with Crippen LogP contribution >= 0.6 is 0 Å². The van der Waals surface area contributed by atoms with Gasteiger partial charge in [0, 0.05) is 13.1 Å². The second-order valence-electron chi connectivity index (χ2n) is 2.98. The van der Waals surface area contributed by atoms with Crippen molar-refractivity contribution in [2.24, 2.45) is 5.73 Å². The van der Waals surface area contributed by atoms with Crippen LogP contribution in [0.3, 0.4) is 0 Å². The zero-order chi connectivity index (χ0) is 9.84. The lowest BCUT2D eigenvalue weighted by molar-refractivity contribution is 0.744. The fraction of sp³-hybridized carbons (Fsp3) is 0.750. The van der Waals surface area contributed by atoms with E-state index in [1.165, 1.54) is 0 Å². The van der Waals surface area contributed by atoms with Gasteiger partial charge in [0.1, 0.15) is 5.82 Å². The van der Waals surface area contributed by atoms with Crippen molar-refractivity contribution in [3.05, 3.63) is 5.82 Å². The molecule has 74 valence electrons. The van der Waals surface area contributed by atoms with Crippen LogP contribution in [0.2, 0.25) is 0 Å². The number of rotatable bonds is 4. The summed E-state index contributed by atoms with van der Waals surface area (Å²) in [4.78, 5) is 6.36. The lowest BCUT2D eigenvalue weighted by Crippen LogP contribution is -2.23. The predicted molar refractivity (Wildman–Crippen MR) is 52.5 cm³/mol. The van der Waals surface area contributed by atoms with Crippen molar-refractivity contribution in [3.8, 4) is 0 Å². The van der Waals surface area contributed by atoms with Gasteiger partial charge < -0.3 is 10.6 Å². The molecule has 1 heterocycles.